The van der Waals surface area contributed by atoms with Crippen molar-refractivity contribution < 1.29 is 42.4 Å². The lowest BCUT2D eigenvalue weighted by atomic mass is 10.2. The third kappa shape index (κ3) is 9.12. The number of aliphatic hydroxyl groups is 2. The summed E-state index contributed by atoms with van der Waals surface area (Å²) in [5, 5.41) is 35.7. The van der Waals surface area contributed by atoms with Crippen molar-refractivity contribution in [2.45, 2.75) is 12.2 Å². The Hall–Kier alpha value is -0.970. The van der Waals surface area contributed by atoms with Crippen molar-refractivity contribution in [1.82, 2.24) is 18.5 Å². The molecule has 0 aromatic heterocycles. The van der Waals surface area contributed by atoms with Crippen LogP contribution in [0.15, 0.2) is 0 Å². The van der Waals surface area contributed by atoms with Gasteiger partial charge >= 0.3 is 0 Å². The molecule has 10 heteroatoms. The molecule has 2 unspecified atom stereocenters. The molecule has 0 bridgehead atoms. The van der Waals surface area contributed by atoms with Gasteiger partial charge in [0.15, 0.2) is 0 Å². The summed E-state index contributed by atoms with van der Waals surface area (Å²) < 4.78 is 0. The van der Waals surface area contributed by atoms with Crippen LogP contribution in [0.2, 0.25) is 0 Å². The highest BCUT2D eigenvalue weighted by Gasteiger charge is 2.17. The minimum atomic E-state index is -2.44. The van der Waals surface area contributed by atoms with E-state index in [2.05, 4.69) is 0 Å². The molecule has 0 heterocycles. The van der Waals surface area contributed by atoms with Crippen LogP contribution in [0.4, 0.5) is 0 Å². The van der Waals surface area contributed by atoms with Gasteiger partial charge in [-0.25, -0.2) is 0 Å². The average Bonchev–Trinajstić information content (AvgIpc) is 1.84. The van der Waals surface area contributed by atoms with Gasteiger partial charge in [0.2, 0.25) is 0 Å². The van der Waals surface area contributed by atoms with Gasteiger partial charge in [0.05, 0.1) is 11.9 Å². The Bertz CT molecular complexity index is 149. The van der Waals surface area contributed by atoms with Gasteiger partial charge in [0.1, 0.15) is 12.2 Å². The highest BCUT2D eigenvalue weighted by molar-refractivity contribution is 5.80. The molecule has 0 amide bonds. The first-order valence-electron chi connectivity index (χ1n) is 2.24. The Labute approximate surface area is 85.9 Å². The number of carboxylic acids is 2. The summed E-state index contributed by atoms with van der Waals surface area (Å²) >= 11 is 0. The van der Waals surface area contributed by atoms with E-state index < -0.39 is 24.1 Å². The molecule has 0 saturated heterocycles. The lowest BCUT2D eigenvalue weighted by Crippen LogP contribution is -3.00. The van der Waals surface area contributed by atoms with E-state index in [1.807, 2.05) is 0 Å². The van der Waals surface area contributed by atoms with E-state index in [0.717, 1.165) is 0 Å². The van der Waals surface area contributed by atoms with Gasteiger partial charge < -0.3 is 60.9 Å². The van der Waals surface area contributed by atoms with Crippen LogP contribution in [0.1, 0.15) is 0 Å². The number of carbonyl (C=O) groups is 2. The number of carboxylic acid groups (broad SMARTS) is 2. The molecule has 90 valence electrons. The zero-order chi connectivity index (χ0) is 8.31. The number of carbonyl (C=O) groups excluding carboxylic acids is 2. The number of aliphatic hydroxyl groups excluding tert-OH is 2. The summed E-state index contributed by atoms with van der Waals surface area (Å²) in [4.78, 5) is 19.3. The molecule has 0 spiro atoms. The second-order valence-corrected chi connectivity index (χ2v) is 1.53. The molecule has 0 aliphatic carbocycles. The molecule has 0 fully saturated rings. The first-order valence-corrected chi connectivity index (χ1v) is 2.24. The van der Waals surface area contributed by atoms with Gasteiger partial charge in [-0.05, 0) is 0 Å². The van der Waals surface area contributed by atoms with E-state index >= 15 is 0 Å². The highest BCUT2D eigenvalue weighted by Crippen LogP contribution is 1.88. The standard InChI is InChI=1S/C4H6O6.ClH.3H3N/c5-1(3(7)8)2(6)4(9)10;;;;/h1-2,5-6H,(H,7,8)(H,9,10);1H;3*1H3. The van der Waals surface area contributed by atoms with Gasteiger partial charge in [-0.3, -0.25) is 0 Å². The lowest BCUT2D eigenvalue weighted by molar-refractivity contribution is -0.333. The van der Waals surface area contributed by atoms with Crippen LogP contribution in [0, 0.1) is 0 Å². The summed E-state index contributed by atoms with van der Waals surface area (Å²) in [6.45, 7) is 0. The minimum Gasteiger partial charge on any atom is -1.00 e. The van der Waals surface area contributed by atoms with Gasteiger partial charge in [-0.2, -0.15) is 0 Å². The Morgan fingerprint density at radius 3 is 1.07 bits per heavy atom. The molecule has 0 radical (unpaired) electrons. The van der Waals surface area contributed by atoms with E-state index in [1.165, 1.54) is 0 Å². The lowest BCUT2D eigenvalue weighted by Gasteiger charge is -2.18. The summed E-state index contributed by atoms with van der Waals surface area (Å²) in [5.41, 5.74) is 0. The second-order valence-electron chi connectivity index (χ2n) is 1.53. The molecule has 0 saturated carbocycles. The van der Waals surface area contributed by atoms with Crippen molar-refractivity contribution in [1.29, 1.82) is 0 Å². The van der Waals surface area contributed by atoms with E-state index in [4.69, 9.17) is 10.2 Å². The zero-order valence-corrected chi connectivity index (χ0v) is 8.82. The number of halogens is 1. The molecule has 0 aromatic rings. The maximum atomic E-state index is 9.63. The number of hydrogen-bond acceptors (Lipinski definition) is 6. The summed E-state index contributed by atoms with van der Waals surface area (Å²) in [6, 6.07) is 0. The summed E-state index contributed by atoms with van der Waals surface area (Å²) in [7, 11) is 0. The van der Waals surface area contributed by atoms with Crippen LogP contribution in [0.25, 0.3) is 0 Å². The van der Waals surface area contributed by atoms with Crippen molar-refractivity contribution in [2.75, 3.05) is 0 Å². The van der Waals surface area contributed by atoms with Crippen molar-refractivity contribution in [3.8, 4) is 0 Å². The highest BCUT2D eigenvalue weighted by atomic mass is 35.5. The molecule has 14 heavy (non-hydrogen) atoms. The predicted octanol–water partition coefficient (Wildman–Crippen LogP) is -6.66. The Kier molecular flexibility index (Phi) is 25.1. The fraction of sp³-hybridized carbons (Fsp3) is 0.500. The average molecular weight is 238 g/mol. The number of quaternary nitrogens is 3. The number of rotatable bonds is 3. The fourth-order valence-electron chi connectivity index (χ4n) is 0.258. The van der Waals surface area contributed by atoms with Crippen molar-refractivity contribution in [3.63, 3.8) is 0 Å². The topological polar surface area (TPSA) is 230 Å². The molecule has 0 aliphatic heterocycles. The SMILES string of the molecule is O=C([O-])C(O)C(O)C(=O)[O-].[Cl-].[NH4+].[NH4+].[NH4+]. The molecular weight excluding hydrogens is 222 g/mol. The van der Waals surface area contributed by atoms with Crippen LogP contribution >= 0.6 is 0 Å². The van der Waals surface area contributed by atoms with Gasteiger partial charge in [0, 0.05) is 0 Å². The van der Waals surface area contributed by atoms with Gasteiger partial charge in [0.25, 0.3) is 0 Å². The van der Waals surface area contributed by atoms with Gasteiger partial charge in [-0.15, -0.1) is 0 Å². The summed E-state index contributed by atoms with van der Waals surface area (Å²) in [6.07, 6.45) is -4.88. The number of hydrogen-bond donors (Lipinski definition) is 5. The molecular formula is C4H16ClN3O6. The zero-order valence-electron chi connectivity index (χ0n) is 8.06. The van der Waals surface area contributed by atoms with E-state index in [9.17, 15) is 19.8 Å². The molecule has 2 atom stereocenters. The Morgan fingerprint density at radius 2 is 1.00 bits per heavy atom. The monoisotopic (exact) mass is 237 g/mol. The van der Waals surface area contributed by atoms with Crippen molar-refractivity contribution in [3.05, 3.63) is 0 Å². The number of aliphatic carboxylic acids is 2. The maximum absolute atomic E-state index is 9.63. The van der Waals surface area contributed by atoms with Crippen LogP contribution in [0.3, 0.4) is 0 Å². The third-order valence-electron chi connectivity index (χ3n) is 0.782. The van der Waals surface area contributed by atoms with Crippen molar-refractivity contribution >= 4 is 11.9 Å². The van der Waals surface area contributed by atoms with Gasteiger partial charge in [-0.1, -0.05) is 0 Å². The first-order chi connectivity index (χ1) is 4.46. The predicted molar refractivity (Wildman–Crippen MR) is 40.0 cm³/mol. The van der Waals surface area contributed by atoms with Crippen molar-refractivity contribution in [2.24, 2.45) is 0 Å². The minimum absolute atomic E-state index is 0. The molecule has 0 aromatic carbocycles. The molecule has 14 N–H and O–H groups in total. The quantitative estimate of drug-likeness (QED) is 0.320. The van der Waals surface area contributed by atoms with Crippen LogP contribution in [-0.2, 0) is 9.59 Å². The Morgan fingerprint density at radius 1 is 0.857 bits per heavy atom. The Balaban J connectivity index is -0.0000000675. The maximum Gasteiger partial charge on any atom is 0.124 e. The second kappa shape index (κ2) is 12.0. The normalized spacial score (nSPS) is 11.3. The molecule has 0 rings (SSSR count). The largest absolute Gasteiger partial charge is 1.00 e. The molecule has 9 nitrogen and oxygen atoms in total. The van der Waals surface area contributed by atoms with E-state index in [0.29, 0.717) is 0 Å². The first kappa shape index (κ1) is 29.2. The van der Waals surface area contributed by atoms with Crippen LogP contribution in [0.5, 0.6) is 0 Å². The molecule has 0 aliphatic rings. The van der Waals surface area contributed by atoms with Crippen LogP contribution < -0.4 is 41.1 Å². The van der Waals surface area contributed by atoms with E-state index in [-0.39, 0.29) is 30.9 Å². The van der Waals surface area contributed by atoms with Crippen LogP contribution in [-0.4, -0.2) is 34.4 Å². The van der Waals surface area contributed by atoms with E-state index in [1.54, 1.807) is 0 Å². The smallest absolute Gasteiger partial charge is 0.124 e. The fourth-order valence-corrected chi connectivity index (χ4v) is 0.258. The summed E-state index contributed by atoms with van der Waals surface area (Å²) in [5.74, 6) is -4.12. The third-order valence-corrected chi connectivity index (χ3v) is 0.782.